The third-order valence-electron chi connectivity index (χ3n) is 5.98. The fraction of sp³-hybridized carbons (Fsp3) is 0.259. The van der Waals surface area contributed by atoms with Gasteiger partial charge in [-0.2, -0.15) is 0 Å². The second-order valence-electron chi connectivity index (χ2n) is 8.68. The molecule has 7 nitrogen and oxygen atoms in total. The average Bonchev–Trinajstić information content (AvgIpc) is 2.86. The molecule has 3 aromatic carbocycles. The highest BCUT2D eigenvalue weighted by atomic mass is 35.5. The molecule has 0 aromatic heterocycles. The molecule has 0 aliphatic rings. The van der Waals surface area contributed by atoms with E-state index < -0.39 is 34.4 Å². The molecule has 37 heavy (non-hydrogen) atoms. The first-order valence-electron chi connectivity index (χ1n) is 11.6. The van der Waals surface area contributed by atoms with Gasteiger partial charge in [-0.25, -0.2) is 8.42 Å². The monoisotopic (exact) mass is 561 g/mol. The zero-order chi connectivity index (χ0) is 27.3. The van der Waals surface area contributed by atoms with Crippen LogP contribution in [0.15, 0.2) is 71.6 Å². The van der Waals surface area contributed by atoms with Gasteiger partial charge in [0, 0.05) is 29.2 Å². The number of amides is 2. The molecular weight excluding hydrogens is 533 g/mol. The Kier molecular flexibility index (Phi) is 9.23. The minimum absolute atomic E-state index is 0.0486. The molecular formula is C27H29Cl2N3O4S. The van der Waals surface area contributed by atoms with Crippen LogP contribution in [0.1, 0.15) is 23.6 Å². The zero-order valence-corrected chi connectivity index (χ0v) is 23.4. The molecule has 0 spiro atoms. The molecule has 0 fully saturated rings. The number of anilines is 1. The van der Waals surface area contributed by atoms with E-state index in [1.807, 2.05) is 19.9 Å². The Morgan fingerprint density at radius 3 is 2.08 bits per heavy atom. The summed E-state index contributed by atoms with van der Waals surface area (Å²) in [6.07, 6.45) is 0. The van der Waals surface area contributed by atoms with Gasteiger partial charge in [0.05, 0.1) is 10.6 Å². The molecule has 0 radical (unpaired) electrons. The normalized spacial score (nSPS) is 12.1. The van der Waals surface area contributed by atoms with Gasteiger partial charge >= 0.3 is 0 Å². The van der Waals surface area contributed by atoms with E-state index in [9.17, 15) is 18.0 Å². The predicted molar refractivity (Wildman–Crippen MR) is 147 cm³/mol. The topological polar surface area (TPSA) is 86.8 Å². The molecule has 0 saturated carbocycles. The Labute approximate surface area is 228 Å². The first-order chi connectivity index (χ1) is 17.4. The van der Waals surface area contributed by atoms with E-state index in [4.69, 9.17) is 23.2 Å². The van der Waals surface area contributed by atoms with Crippen molar-refractivity contribution >= 4 is 50.7 Å². The molecule has 196 valence electrons. The van der Waals surface area contributed by atoms with Gasteiger partial charge in [-0.3, -0.25) is 13.9 Å². The standard InChI is InChI=1S/C27H29Cl2N3O4S/c1-18-11-13-22(14-12-18)37(35,36)32(21-8-5-7-19(2)15-21)17-26(33)31(20(3)27(34)30-4)16-23-24(28)9-6-10-25(23)29/h5-15,20H,16-17H2,1-4H3,(H,30,34)/t20-/m0/s1. The summed E-state index contributed by atoms with van der Waals surface area (Å²) >= 11 is 12.7. The van der Waals surface area contributed by atoms with Crippen LogP contribution in [0.2, 0.25) is 10.0 Å². The minimum Gasteiger partial charge on any atom is -0.357 e. The van der Waals surface area contributed by atoms with Crippen LogP contribution in [-0.4, -0.2) is 44.8 Å². The smallest absolute Gasteiger partial charge is 0.264 e. The molecule has 3 rings (SSSR count). The number of nitrogens with zero attached hydrogens (tertiary/aromatic N) is 2. The molecule has 10 heteroatoms. The van der Waals surface area contributed by atoms with Gasteiger partial charge in [0.25, 0.3) is 10.0 Å². The molecule has 1 atom stereocenters. The maximum absolute atomic E-state index is 13.8. The largest absolute Gasteiger partial charge is 0.357 e. The predicted octanol–water partition coefficient (Wildman–Crippen LogP) is 4.97. The lowest BCUT2D eigenvalue weighted by Gasteiger charge is -2.32. The molecule has 2 amide bonds. The van der Waals surface area contributed by atoms with Gasteiger partial charge in [0.1, 0.15) is 12.6 Å². The third-order valence-corrected chi connectivity index (χ3v) is 8.48. The van der Waals surface area contributed by atoms with Crippen molar-refractivity contribution in [2.24, 2.45) is 0 Å². The van der Waals surface area contributed by atoms with E-state index >= 15 is 0 Å². The quantitative estimate of drug-likeness (QED) is 0.399. The number of rotatable bonds is 9. The van der Waals surface area contributed by atoms with Crippen LogP contribution in [-0.2, 0) is 26.2 Å². The summed E-state index contributed by atoms with van der Waals surface area (Å²) in [5.74, 6) is -1.01. The summed E-state index contributed by atoms with van der Waals surface area (Å²) in [5, 5.41) is 3.20. The second kappa shape index (κ2) is 12.0. The van der Waals surface area contributed by atoms with Crippen molar-refractivity contribution in [2.75, 3.05) is 17.9 Å². The number of halogens is 2. The number of nitrogens with one attached hydrogen (secondary N) is 1. The lowest BCUT2D eigenvalue weighted by molar-refractivity contribution is -0.139. The van der Waals surface area contributed by atoms with E-state index in [-0.39, 0.29) is 11.4 Å². The number of hydrogen-bond acceptors (Lipinski definition) is 4. The van der Waals surface area contributed by atoms with Crippen LogP contribution in [0.5, 0.6) is 0 Å². The molecule has 1 N–H and O–H groups in total. The number of aryl methyl sites for hydroxylation is 2. The highest BCUT2D eigenvalue weighted by Crippen LogP contribution is 2.28. The Morgan fingerprint density at radius 2 is 1.51 bits per heavy atom. The summed E-state index contributed by atoms with van der Waals surface area (Å²) < 4.78 is 28.6. The van der Waals surface area contributed by atoms with E-state index in [1.54, 1.807) is 55.5 Å². The number of likely N-dealkylation sites (N-methyl/N-ethyl adjacent to an activating group) is 1. The van der Waals surface area contributed by atoms with Gasteiger partial charge < -0.3 is 10.2 Å². The SMILES string of the molecule is CNC(=O)[C@H](C)N(Cc1c(Cl)cccc1Cl)C(=O)CN(c1cccc(C)c1)S(=O)(=O)c1ccc(C)cc1. The van der Waals surface area contributed by atoms with Gasteiger partial charge in [-0.05, 0) is 62.7 Å². The summed E-state index contributed by atoms with van der Waals surface area (Å²) in [6.45, 7) is 4.63. The van der Waals surface area contributed by atoms with E-state index in [0.29, 0.717) is 21.3 Å². The lowest BCUT2D eigenvalue weighted by atomic mass is 10.1. The number of sulfonamides is 1. The Bertz CT molecular complexity index is 1370. The molecule has 3 aromatic rings. The number of carbonyl (C=O) groups is 2. The van der Waals surface area contributed by atoms with E-state index in [2.05, 4.69) is 5.32 Å². The van der Waals surface area contributed by atoms with Crippen LogP contribution in [0, 0.1) is 13.8 Å². The van der Waals surface area contributed by atoms with Crippen LogP contribution in [0.3, 0.4) is 0 Å². The van der Waals surface area contributed by atoms with Crippen LogP contribution in [0.25, 0.3) is 0 Å². The first-order valence-corrected chi connectivity index (χ1v) is 13.7. The van der Waals surface area contributed by atoms with Gasteiger partial charge in [-0.15, -0.1) is 0 Å². The minimum atomic E-state index is -4.12. The van der Waals surface area contributed by atoms with Crippen LogP contribution < -0.4 is 9.62 Å². The number of benzene rings is 3. The Balaban J connectivity index is 2.07. The van der Waals surface area contributed by atoms with E-state index in [0.717, 1.165) is 15.4 Å². The average molecular weight is 563 g/mol. The maximum Gasteiger partial charge on any atom is 0.264 e. The highest BCUT2D eigenvalue weighted by molar-refractivity contribution is 7.92. The van der Waals surface area contributed by atoms with Crippen molar-refractivity contribution < 1.29 is 18.0 Å². The summed E-state index contributed by atoms with van der Waals surface area (Å²) in [6, 6.07) is 17.3. The second-order valence-corrected chi connectivity index (χ2v) is 11.4. The first kappa shape index (κ1) is 28.5. The highest BCUT2D eigenvalue weighted by Gasteiger charge is 2.33. The molecule has 0 bridgehead atoms. The van der Waals surface area contributed by atoms with Crippen molar-refractivity contribution in [1.29, 1.82) is 0 Å². The van der Waals surface area contributed by atoms with Crippen molar-refractivity contribution in [2.45, 2.75) is 38.3 Å². The lowest BCUT2D eigenvalue weighted by Crippen LogP contribution is -2.50. The van der Waals surface area contributed by atoms with Gasteiger partial charge in [-0.1, -0.05) is 59.1 Å². The summed E-state index contributed by atoms with van der Waals surface area (Å²) in [5.41, 5.74) is 2.52. The van der Waals surface area contributed by atoms with E-state index in [1.165, 1.54) is 24.1 Å². The zero-order valence-electron chi connectivity index (χ0n) is 21.0. The third kappa shape index (κ3) is 6.63. The van der Waals surface area contributed by atoms with Crippen LogP contribution in [0.4, 0.5) is 5.69 Å². The molecule has 0 aliphatic carbocycles. The van der Waals surface area contributed by atoms with Crippen molar-refractivity contribution in [1.82, 2.24) is 10.2 Å². The fourth-order valence-electron chi connectivity index (χ4n) is 3.79. The maximum atomic E-state index is 13.8. The Hall–Kier alpha value is -3.07. The summed E-state index contributed by atoms with van der Waals surface area (Å²) in [4.78, 5) is 27.7. The fourth-order valence-corrected chi connectivity index (χ4v) is 5.72. The molecule has 0 saturated heterocycles. The number of carbonyl (C=O) groups excluding carboxylic acids is 2. The van der Waals surface area contributed by atoms with Gasteiger partial charge in [0.2, 0.25) is 11.8 Å². The van der Waals surface area contributed by atoms with Crippen molar-refractivity contribution in [3.63, 3.8) is 0 Å². The molecule has 0 heterocycles. The van der Waals surface area contributed by atoms with Gasteiger partial charge in [0.15, 0.2) is 0 Å². The molecule has 0 unspecified atom stereocenters. The Morgan fingerprint density at radius 1 is 0.919 bits per heavy atom. The summed E-state index contributed by atoms with van der Waals surface area (Å²) in [7, 11) is -2.66. The van der Waals surface area contributed by atoms with Crippen LogP contribution >= 0.6 is 23.2 Å². The van der Waals surface area contributed by atoms with Crippen molar-refractivity contribution in [3.05, 3.63) is 93.5 Å². The number of hydrogen-bond donors (Lipinski definition) is 1. The van der Waals surface area contributed by atoms with Crippen molar-refractivity contribution in [3.8, 4) is 0 Å². The molecule has 0 aliphatic heterocycles.